The number of hydrogen-bond donors (Lipinski definition) is 0. The maximum absolute atomic E-state index is 2.37. The molecule has 2 aromatic heterocycles. The normalized spacial score (nSPS) is 11.6. The summed E-state index contributed by atoms with van der Waals surface area (Å²) < 4.78 is 2.74. The molecule has 28 heavy (non-hydrogen) atoms. The molecule has 0 spiro atoms. The number of aryl methyl sites for hydroxylation is 4. The van der Waals surface area contributed by atoms with Crippen LogP contribution in [0.3, 0.4) is 0 Å². The maximum atomic E-state index is 2.37. The third-order valence-corrected chi connectivity index (χ3v) is 7.46. The number of rotatable bonds is 2. The number of fused-ring (bicyclic) bond motifs is 2. The lowest BCUT2D eigenvalue weighted by atomic mass is 10.1. The molecule has 0 saturated heterocycles. The van der Waals surface area contributed by atoms with E-state index in [1.807, 2.05) is 22.7 Å². The first-order chi connectivity index (χ1) is 13.4. The summed E-state index contributed by atoms with van der Waals surface area (Å²) >= 11 is 3.80. The van der Waals surface area contributed by atoms with Gasteiger partial charge >= 0.3 is 0 Å². The first kappa shape index (κ1) is 17.7. The molecule has 0 aliphatic carbocycles. The van der Waals surface area contributed by atoms with E-state index in [0.29, 0.717) is 0 Å². The summed E-state index contributed by atoms with van der Waals surface area (Å²) in [6, 6.07) is 23.1. The van der Waals surface area contributed by atoms with Crippen molar-refractivity contribution in [1.82, 2.24) is 0 Å². The van der Waals surface area contributed by atoms with E-state index in [0.717, 1.165) is 0 Å². The summed E-state index contributed by atoms with van der Waals surface area (Å²) in [5.74, 6) is 0. The molecule has 0 saturated carbocycles. The van der Waals surface area contributed by atoms with Gasteiger partial charge in [0.1, 0.15) is 0 Å². The van der Waals surface area contributed by atoms with Crippen LogP contribution < -0.4 is 0 Å². The molecule has 0 aliphatic heterocycles. The van der Waals surface area contributed by atoms with Crippen molar-refractivity contribution in [3.8, 4) is 20.9 Å². The minimum Gasteiger partial charge on any atom is -0.135 e. The molecular formula is C26H22S2. The monoisotopic (exact) mass is 398 g/mol. The summed E-state index contributed by atoms with van der Waals surface area (Å²) in [5.41, 5.74) is 7.96. The molecule has 0 fully saturated rings. The highest BCUT2D eigenvalue weighted by atomic mass is 32.1. The summed E-state index contributed by atoms with van der Waals surface area (Å²) in [4.78, 5) is 2.71. The fourth-order valence-electron chi connectivity index (χ4n) is 4.09. The van der Waals surface area contributed by atoms with Crippen molar-refractivity contribution in [2.24, 2.45) is 0 Å². The van der Waals surface area contributed by atoms with Gasteiger partial charge in [-0.2, -0.15) is 0 Å². The standard InChI is InChI=1S/C26H22S2/c1-15-5-16(2)8-19(7-15)23-12-21-11-22-13-24(28-26(22)14-25(21)27-23)20-9-17(3)6-18(4)10-20/h5-14H,1-4H3. The van der Waals surface area contributed by atoms with Gasteiger partial charge in [0.2, 0.25) is 0 Å². The Kier molecular flexibility index (Phi) is 4.15. The third kappa shape index (κ3) is 3.17. The fraction of sp³-hybridized carbons (Fsp3) is 0.154. The molecule has 0 aliphatic rings. The van der Waals surface area contributed by atoms with E-state index in [4.69, 9.17) is 0 Å². The summed E-state index contributed by atoms with van der Waals surface area (Å²) in [6.45, 7) is 8.70. The fourth-order valence-corrected chi connectivity index (χ4v) is 6.31. The lowest BCUT2D eigenvalue weighted by Gasteiger charge is -2.02. The average molecular weight is 399 g/mol. The van der Waals surface area contributed by atoms with Crippen LogP contribution in [0.15, 0.2) is 60.7 Å². The second-order valence-electron chi connectivity index (χ2n) is 7.90. The van der Waals surface area contributed by atoms with Gasteiger partial charge in [-0.3, -0.25) is 0 Å². The van der Waals surface area contributed by atoms with Gasteiger partial charge in [0.25, 0.3) is 0 Å². The molecular weight excluding hydrogens is 376 g/mol. The third-order valence-electron chi connectivity index (χ3n) is 5.17. The molecule has 138 valence electrons. The molecule has 0 unspecified atom stereocenters. The van der Waals surface area contributed by atoms with Crippen molar-refractivity contribution >= 4 is 42.8 Å². The Labute approximate surface area is 174 Å². The van der Waals surface area contributed by atoms with Crippen LogP contribution in [0.4, 0.5) is 0 Å². The molecule has 0 bridgehead atoms. The van der Waals surface area contributed by atoms with Crippen molar-refractivity contribution in [3.05, 3.63) is 82.9 Å². The molecule has 5 rings (SSSR count). The predicted octanol–water partition coefficient (Wildman–Crippen LogP) is 8.68. The highest BCUT2D eigenvalue weighted by molar-refractivity contribution is 7.24. The van der Waals surface area contributed by atoms with Gasteiger partial charge in [0.15, 0.2) is 0 Å². The second-order valence-corrected chi connectivity index (χ2v) is 10.1. The van der Waals surface area contributed by atoms with Crippen LogP contribution in [0.5, 0.6) is 0 Å². The van der Waals surface area contributed by atoms with Crippen LogP contribution in [-0.4, -0.2) is 0 Å². The van der Waals surface area contributed by atoms with E-state index < -0.39 is 0 Å². The highest BCUT2D eigenvalue weighted by Crippen LogP contribution is 2.40. The van der Waals surface area contributed by atoms with E-state index in [-0.39, 0.29) is 0 Å². The minimum absolute atomic E-state index is 1.33. The van der Waals surface area contributed by atoms with Crippen molar-refractivity contribution in [1.29, 1.82) is 0 Å². The number of hydrogen-bond acceptors (Lipinski definition) is 2. The van der Waals surface area contributed by atoms with Crippen molar-refractivity contribution in [2.45, 2.75) is 27.7 Å². The Bertz CT molecular complexity index is 1160. The van der Waals surface area contributed by atoms with Crippen molar-refractivity contribution < 1.29 is 0 Å². The van der Waals surface area contributed by atoms with Crippen molar-refractivity contribution in [3.63, 3.8) is 0 Å². The van der Waals surface area contributed by atoms with Gasteiger partial charge in [-0.05, 0) is 73.9 Å². The molecule has 0 N–H and O–H groups in total. The zero-order valence-electron chi connectivity index (χ0n) is 16.6. The molecule has 0 atom stereocenters. The Morgan fingerprint density at radius 2 is 0.821 bits per heavy atom. The Morgan fingerprint density at radius 1 is 0.429 bits per heavy atom. The maximum Gasteiger partial charge on any atom is 0.0363 e. The van der Waals surface area contributed by atoms with Crippen LogP contribution in [0.1, 0.15) is 22.3 Å². The van der Waals surface area contributed by atoms with Gasteiger partial charge in [-0.15, -0.1) is 22.7 Å². The average Bonchev–Trinajstić information content (AvgIpc) is 3.20. The zero-order valence-corrected chi connectivity index (χ0v) is 18.2. The van der Waals surface area contributed by atoms with Crippen molar-refractivity contribution in [2.75, 3.05) is 0 Å². The van der Waals surface area contributed by atoms with Gasteiger partial charge in [0.05, 0.1) is 0 Å². The molecule has 5 aromatic rings. The highest BCUT2D eigenvalue weighted by Gasteiger charge is 2.10. The molecule has 0 radical (unpaired) electrons. The predicted molar refractivity (Wildman–Crippen MR) is 127 cm³/mol. The Morgan fingerprint density at radius 3 is 1.21 bits per heavy atom. The van der Waals surface area contributed by atoms with E-state index in [2.05, 4.69) is 88.4 Å². The van der Waals surface area contributed by atoms with Gasteiger partial charge in [-0.25, -0.2) is 0 Å². The SMILES string of the molecule is Cc1cc(C)cc(-c2cc3cc4cc(-c5cc(C)cc(C)c5)sc4cc3s2)c1. The molecule has 0 amide bonds. The lowest BCUT2D eigenvalue weighted by Crippen LogP contribution is -1.79. The first-order valence-electron chi connectivity index (χ1n) is 9.59. The zero-order chi connectivity index (χ0) is 19.4. The number of benzene rings is 3. The smallest absolute Gasteiger partial charge is 0.0363 e. The largest absolute Gasteiger partial charge is 0.135 e. The van der Waals surface area contributed by atoms with Crippen LogP contribution in [0.2, 0.25) is 0 Å². The van der Waals surface area contributed by atoms with E-state index in [1.54, 1.807) is 0 Å². The van der Waals surface area contributed by atoms with Crippen LogP contribution in [-0.2, 0) is 0 Å². The second kappa shape index (κ2) is 6.58. The lowest BCUT2D eigenvalue weighted by molar-refractivity contribution is 1.39. The van der Waals surface area contributed by atoms with Crippen LogP contribution >= 0.6 is 22.7 Å². The molecule has 2 heterocycles. The topological polar surface area (TPSA) is 0 Å². The quantitative estimate of drug-likeness (QED) is 0.279. The van der Waals surface area contributed by atoms with Crippen LogP contribution in [0, 0.1) is 27.7 Å². The first-order valence-corrected chi connectivity index (χ1v) is 11.2. The number of thiophene rings is 2. The molecule has 0 nitrogen and oxygen atoms in total. The summed E-state index contributed by atoms with van der Waals surface area (Å²) in [6.07, 6.45) is 0. The summed E-state index contributed by atoms with van der Waals surface area (Å²) in [7, 11) is 0. The molecule has 2 heteroatoms. The minimum atomic E-state index is 1.33. The Hall–Kier alpha value is -2.42. The van der Waals surface area contributed by atoms with E-state index >= 15 is 0 Å². The Balaban J connectivity index is 1.62. The van der Waals surface area contributed by atoms with Gasteiger partial charge in [-0.1, -0.05) is 58.7 Å². The molecule has 3 aromatic carbocycles. The van der Waals surface area contributed by atoms with Gasteiger partial charge < -0.3 is 0 Å². The summed E-state index contributed by atoms with van der Waals surface area (Å²) in [5, 5.41) is 2.69. The van der Waals surface area contributed by atoms with E-state index in [1.165, 1.54) is 63.3 Å². The van der Waals surface area contributed by atoms with Gasteiger partial charge in [0, 0.05) is 19.2 Å². The van der Waals surface area contributed by atoms with Crippen LogP contribution in [0.25, 0.3) is 41.1 Å². The van der Waals surface area contributed by atoms with E-state index in [9.17, 15) is 0 Å².